The minimum absolute atomic E-state index is 0.301. The lowest BCUT2D eigenvalue weighted by Gasteiger charge is -2.12. The minimum atomic E-state index is -1.06. The second kappa shape index (κ2) is 11.1. The van der Waals surface area contributed by atoms with Crippen molar-refractivity contribution in [3.8, 4) is 22.6 Å². The van der Waals surface area contributed by atoms with Crippen LogP contribution >= 0.6 is 50.7 Å². The number of aliphatic carboxylic acids is 1. The van der Waals surface area contributed by atoms with E-state index in [4.69, 9.17) is 44.6 Å². The molecule has 0 spiro atoms. The van der Waals surface area contributed by atoms with Gasteiger partial charge in [-0.1, -0.05) is 35.3 Å². The number of benzene rings is 3. The number of amides is 1. The molecule has 0 bridgehead atoms. The van der Waals surface area contributed by atoms with E-state index in [0.29, 0.717) is 42.8 Å². The highest BCUT2D eigenvalue weighted by atomic mass is 79.9. The summed E-state index contributed by atoms with van der Waals surface area (Å²) in [5.41, 5.74) is 2.58. The Bertz CT molecular complexity index is 1200. The van der Waals surface area contributed by atoms with Crippen molar-refractivity contribution in [2.24, 2.45) is 0 Å². The molecule has 0 saturated heterocycles. The average Bonchev–Trinajstić information content (AvgIpc) is 2.74. The third-order valence-corrected chi connectivity index (χ3v) is 5.87. The van der Waals surface area contributed by atoms with E-state index in [-0.39, 0.29) is 5.91 Å². The molecule has 0 aromatic heterocycles. The van der Waals surface area contributed by atoms with Gasteiger partial charge in [-0.15, -0.1) is 11.6 Å². The number of alkyl halides is 1. The first-order valence-corrected chi connectivity index (χ1v) is 11.6. The fraction of sp³-hybridized carbons (Fsp3) is 0.0833. The van der Waals surface area contributed by atoms with E-state index in [9.17, 15) is 9.59 Å². The second-order valence-electron chi connectivity index (χ2n) is 6.90. The SMILES string of the molecule is CC(Cl)C(=O)Nc1ccc(Oc2ccc(-c3c(Cl)cc(C=CC(=O)O)cc3Cl)cc2)cc1Br. The zero-order valence-corrected chi connectivity index (χ0v) is 21.0. The number of carboxylic acids is 1. The monoisotopic (exact) mass is 567 g/mol. The summed E-state index contributed by atoms with van der Waals surface area (Å²) in [7, 11) is 0. The molecule has 170 valence electrons. The summed E-state index contributed by atoms with van der Waals surface area (Å²) in [6.07, 6.45) is 2.44. The number of carbonyl (C=O) groups excluding carboxylic acids is 1. The molecule has 33 heavy (non-hydrogen) atoms. The van der Waals surface area contributed by atoms with Crippen molar-refractivity contribution < 1.29 is 19.4 Å². The zero-order valence-electron chi connectivity index (χ0n) is 17.1. The summed E-state index contributed by atoms with van der Waals surface area (Å²) >= 11 is 22.0. The average molecular weight is 570 g/mol. The van der Waals surface area contributed by atoms with Crippen LogP contribution < -0.4 is 10.1 Å². The number of carbonyl (C=O) groups is 2. The van der Waals surface area contributed by atoms with Crippen molar-refractivity contribution in [1.29, 1.82) is 0 Å². The molecule has 0 aliphatic carbocycles. The Labute approximate surface area is 214 Å². The Morgan fingerprint density at radius 3 is 2.18 bits per heavy atom. The van der Waals surface area contributed by atoms with E-state index >= 15 is 0 Å². The van der Waals surface area contributed by atoms with Crippen molar-refractivity contribution in [2.45, 2.75) is 12.3 Å². The van der Waals surface area contributed by atoms with Crippen LogP contribution in [-0.4, -0.2) is 22.4 Å². The van der Waals surface area contributed by atoms with Gasteiger partial charge in [-0.05, 0) is 82.5 Å². The first-order valence-electron chi connectivity index (χ1n) is 9.57. The van der Waals surface area contributed by atoms with Crippen molar-refractivity contribution in [3.05, 3.63) is 80.8 Å². The lowest BCUT2D eigenvalue weighted by Crippen LogP contribution is -2.20. The second-order valence-corrected chi connectivity index (χ2v) is 9.23. The molecule has 0 radical (unpaired) electrons. The maximum absolute atomic E-state index is 11.8. The van der Waals surface area contributed by atoms with Crippen LogP contribution in [0.3, 0.4) is 0 Å². The van der Waals surface area contributed by atoms with Gasteiger partial charge in [0.25, 0.3) is 0 Å². The number of hydrogen-bond acceptors (Lipinski definition) is 3. The van der Waals surface area contributed by atoms with Gasteiger partial charge in [0.05, 0.1) is 15.7 Å². The molecule has 0 fully saturated rings. The standard InChI is InChI=1S/C24H17BrCl3NO4/c1-13(26)24(32)29-21-8-7-17(12-18(21)25)33-16-5-3-15(4-6-16)23-19(27)10-14(11-20(23)28)2-9-22(30)31/h2-13H,1H3,(H,29,32)(H,30,31). The lowest BCUT2D eigenvalue weighted by atomic mass is 10.0. The van der Waals surface area contributed by atoms with E-state index in [2.05, 4.69) is 21.2 Å². The third-order valence-electron chi connectivity index (χ3n) is 4.42. The van der Waals surface area contributed by atoms with Gasteiger partial charge in [0.15, 0.2) is 0 Å². The predicted molar refractivity (Wildman–Crippen MR) is 137 cm³/mol. The maximum atomic E-state index is 11.8. The first-order chi connectivity index (χ1) is 15.6. The van der Waals surface area contributed by atoms with E-state index in [1.54, 1.807) is 49.4 Å². The van der Waals surface area contributed by atoms with Gasteiger partial charge in [0, 0.05) is 16.1 Å². The van der Waals surface area contributed by atoms with Crippen LogP contribution in [0, 0.1) is 0 Å². The molecule has 9 heteroatoms. The molecule has 3 aromatic carbocycles. The van der Waals surface area contributed by atoms with Gasteiger partial charge in [0.1, 0.15) is 16.9 Å². The van der Waals surface area contributed by atoms with Crippen LogP contribution in [0.2, 0.25) is 10.0 Å². The third kappa shape index (κ3) is 6.74. The highest BCUT2D eigenvalue weighted by Gasteiger charge is 2.13. The van der Waals surface area contributed by atoms with Crippen LogP contribution in [0.5, 0.6) is 11.5 Å². The Balaban J connectivity index is 1.77. The Morgan fingerprint density at radius 2 is 1.64 bits per heavy atom. The molecule has 0 saturated carbocycles. The molecule has 1 atom stereocenters. The molecule has 0 aliphatic rings. The van der Waals surface area contributed by atoms with Crippen LogP contribution in [0.25, 0.3) is 17.2 Å². The number of anilines is 1. The number of carboxylic acid groups (broad SMARTS) is 1. The molecule has 3 rings (SSSR count). The van der Waals surface area contributed by atoms with Gasteiger partial charge >= 0.3 is 5.97 Å². The molecular weight excluding hydrogens is 553 g/mol. The summed E-state index contributed by atoms with van der Waals surface area (Å²) in [6, 6.07) is 15.7. The molecule has 3 aromatic rings. The Hall–Kier alpha value is -2.51. The van der Waals surface area contributed by atoms with Gasteiger partial charge in [-0.2, -0.15) is 0 Å². The topological polar surface area (TPSA) is 75.6 Å². The van der Waals surface area contributed by atoms with E-state index < -0.39 is 11.3 Å². The van der Waals surface area contributed by atoms with E-state index in [1.165, 1.54) is 6.08 Å². The van der Waals surface area contributed by atoms with E-state index in [1.807, 2.05) is 12.1 Å². The van der Waals surface area contributed by atoms with Gasteiger partial charge in [-0.3, -0.25) is 4.79 Å². The molecule has 2 N–H and O–H groups in total. The van der Waals surface area contributed by atoms with Crippen molar-refractivity contribution >= 4 is 74.4 Å². The summed E-state index contributed by atoms with van der Waals surface area (Å²) in [4.78, 5) is 22.5. The molecule has 0 aliphatic heterocycles. The van der Waals surface area contributed by atoms with E-state index in [0.717, 1.165) is 11.6 Å². The lowest BCUT2D eigenvalue weighted by molar-refractivity contribution is -0.131. The van der Waals surface area contributed by atoms with Crippen molar-refractivity contribution in [1.82, 2.24) is 0 Å². The summed E-state index contributed by atoms with van der Waals surface area (Å²) in [6.45, 7) is 1.59. The normalized spacial score (nSPS) is 11.9. The van der Waals surface area contributed by atoms with Crippen molar-refractivity contribution in [2.75, 3.05) is 5.32 Å². The fourth-order valence-corrected chi connectivity index (χ4v) is 4.08. The quantitative estimate of drug-likeness (QED) is 0.224. The van der Waals surface area contributed by atoms with Gasteiger partial charge in [-0.25, -0.2) is 4.79 Å². The van der Waals surface area contributed by atoms with Crippen LogP contribution in [0.15, 0.2) is 65.1 Å². The summed E-state index contributed by atoms with van der Waals surface area (Å²) in [5.74, 6) is -0.203. The molecule has 1 unspecified atom stereocenters. The highest BCUT2D eigenvalue weighted by molar-refractivity contribution is 9.10. The van der Waals surface area contributed by atoms with Crippen LogP contribution in [0.4, 0.5) is 5.69 Å². The highest BCUT2D eigenvalue weighted by Crippen LogP contribution is 2.37. The fourth-order valence-electron chi connectivity index (χ4n) is 2.85. The molecular formula is C24H17BrCl3NO4. The number of rotatable bonds is 7. The number of ether oxygens (including phenoxy) is 1. The number of nitrogens with one attached hydrogen (secondary N) is 1. The Morgan fingerprint density at radius 1 is 1.03 bits per heavy atom. The molecule has 1 amide bonds. The smallest absolute Gasteiger partial charge is 0.328 e. The van der Waals surface area contributed by atoms with Crippen LogP contribution in [-0.2, 0) is 9.59 Å². The minimum Gasteiger partial charge on any atom is -0.478 e. The summed E-state index contributed by atoms with van der Waals surface area (Å²) in [5, 5.41) is 11.6. The van der Waals surface area contributed by atoms with Crippen LogP contribution in [0.1, 0.15) is 12.5 Å². The molecule has 0 heterocycles. The molecule has 5 nitrogen and oxygen atoms in total. The Kier molecular flexibility index (Phi) is 8.43. The number of hydrogen-bond donors (Lipinski definition) is 2. The van der Waals surface area contributed by atoms with Crippen molar-refractivity contribution in [3.63, 3.8) is 0 Å². The first kappa shape index (κ1) is 25.1. The largest absolute Gasteiger partial charge is 0.478 e. The maximum Gasteiger partial charge on any atom is 0.328 e. The van der Waals surface area contributed by atoms with Gasteiger partial charge < -0.3 is 15.2 Å². The predicted octanol–water partition coefficient (Wildman–Crippen LogP) is 7.88. The van der Waals surface area contributed by atoms with Gasteiger partial charge in [0.2, 0.25) is 5.91 Å². The number of halogens is 4. The zero-order chi connectivity index (χ0) is 24.1. The summed E-state index contributed by atoms with van der Waals surface area (Å²) < 4.78 is 6.54.